The van der Waals surface area contributed by atoms with Gasteiger partial charge in [-0.3, -0.25) is 19.2 Å². The summed E-state index contributed by atoms with van der Waals surface area (Å²) in [6.07, 6.45) is 1.53. The normalized spacial score (nSPS) is 11.6. The minimum absolute atomic E-state index is 0.0513. The number of nitrogens with zero attached hydrogens (tertiary/aromatic N) is 3. The molecular formula is C16H16N4O4S. The summed E-state index contributed by atoms with van der Waals surface area (Å²) in [7, 11) is -3.91. The molecule has 0 aliphatic carbocycles. The van der Waals surface area contributed by atoms with Crippen molar-refractivity contribution in [3.8, 4) is 0 Å². The molecule has 25 heavy (non-hydrogen) atoms. The minimum atomic E-state index is -3.91. The number of aromatic nitrogens is 3. The molecular weight excluding hydrogens is 344 g/mol. The summed E-state index contributed by atoms with van der Waals surface area (Å²) < 4.78 is 29.5. The Hall–Kier alpha value is -2.94. The molecule has 2 N–H and O–H groups in total. The Morgan fingerprint density at radius 2 is 1.96 bits per heavy atom. The number of benzene rings is 1. The van der Waals surface area contributed by atoms with E-state index in [1.165, 1.54) is 16.9 Å². The maximum absolute atomic E-state index is 12.8. The molecule has 9 heteroatoms. The molecule has 0 bridgehead atoms. The van der Waals surface area contributed by atoms with E-state index in [9.17, 15) is 13.2 Å². The number of aryl methyl sites for hydroxylation is 1. The van der Waals surface area contributed by atoms with Crippen LogP contribution in [0.4, 0.5) is 5.69 Å². The molecule has 0 aliphatic rings. The highest BCUT2D eigenvalue weighted by molar-refractivity contribution is 7.93. The van der Waals surface area contributed by atoms with E-state index < -0.39 is 16.0 Å². The number of carbonyl (C=O) groups is 1. The fourth-order valence-electron chi connectivity index (χ4n) is 2.61. The fourth-order valence-corrected chi connectivity index (χ4v) is 3.97. The van der Waals surface area contributed by atoms with Crippen LogP contribution in [0.25, 0.3) is 10.9 Å². The predicted octanol–water partition coefficient (Wildman–Crippen LogP) is 1.93. The topological polar surface area (TPSA) is 114 Å². The van der Waals surface area contributed by atoms with Crippen LogP contribution in [-0.4, -0.2) is 34.3 Å². The second-order valence-electron chi connectivity index (χ2n) is 5.53. The van der Waals surface area contributed by atoms with E-state index in [2.05, 4.69) is 14.8 Å². The van der Waals surface area contributed by atoms with Crippen molar-refractivity contribution in [3.63, 3.8) is 0 Å². The van der Waals surface area contributed by atoms with E-state index in [1.807, 2.05) is 0 Å². The first kappa shape index (κ1) is 16.9. The first-order valence-electron chi connectivity index (χ1n) is 7.42. The van der Waals surface area contributed by atoms with Crippen LogP contribution >= 0.6 is 0 Å². The van der Waals surface area contributed by atoms with Crippen LogP contribution in [0.2, 0.25) is 0 Å². The number of fused-ring (bicyclic) bond motifs is 1. The van der Waals surface area contributed by atoms with Crippen molar-refractivity contribution in [3.05, 3.63) is 47.9 Å². The van der Waals surface area contributed by atoms with Gasteiger partial charge in [-0.2, -0.15) is 5.10 Å². The van der Waals surface area contributed by atoms with Gasteiger partial charge in [-0.05, 0) is 26.0 Å². The molecule has 0 amide bonds. The van der Waals surface area contributed by atoms with E-state index in [4.69, 9.17) is 5.11 Å². The Kier molecular flexibility index (Phi) is 4.17. The van der Waals surface area contributed by atoms with Crippen LogP contribution < -0.4 is 4.72 Å². The van der Waals surface area contributed by atoms with Gasteiger partial charge in [0.05, 0.1) is 22.6 Å². The van der Waals surface area contributed by atoms with Crippen molar-refractivity contribution in [2.45, 2.75) is 25.3 Å². The molecule has 3 aromatic rings. The van der Waals surface area contributed by atoms with Crippen molar-refractivity contribution in [2.24, 2.45) is 0 Å². The Morgan fingerprint density at radius 1 is 1.24 bits per heavy atom. The maximum Gasteiger partial charge on any atom is 0.325 e. The number of pyridine rings is 1. The average molecular weight is 360 g/mol. The fraction of sp³-hybridized carbons (Fsp3) is 0.188. The summed E-state index contributed by atoms with van der Waals surface area (Å²) in [6, 6.07) is 8.41. The third kappa shape index (κ3) is 3.18. The van der Waals surface area contributed by atoms with Crippen LogP contribution in [0.5, 0.6) is 0 Å². The number of carboxylic acid groups (broad SMARTS) is 1. The van der Waals surface area contributed by atoms with Crippen molar-refractivity contribution in [1.29, 1.82) is 0 Å². The zero-order chi connectivity index (χ0) is 18.2. The highest BCUT2D eigenvalue weighted by Gasteiger charge is 2.22. The third-order valence-electron chi connectivity index (χ3n) is 3.79. The first-order valence-corrected chi connectivity index (χ1v) is 8.90. The molecule has 0 radical (unpaired) electrons. The zero-order valence-corrected chi connectivity index (χ0v) is 14.4. The van der Waals surface area contributed by atoms with E-state index in [0.717, 1.165) is 0 Å². The summed E-state index contributed by atoms with van der Waals surface area (Å²) in [6.45, 7) is 2.89. The van der Waals surface area contributed by atoms with E-state index in [0.29, 0.717) is 22.3 Å². The van der Waals surface area contributed by atoms with Crippen LogP contribution in [-0.2, 0) is 21.4 Å². The molecule has 3 rings (SSSR count). The second-order valence-corrected chi connectivity index (χ2v) is 7.18. The number of anilines is 1. The van der Waals surface area contributed by atoms with Crippen LogP contribution in [0.1, 0.15) is 11.4 Å². The SMILES string of the molecule is Cc1nn(CC(=O)O)c(C)c1NS(=O)(=O)c1cccc2cccnc12. The Morgan fingerprint density at radius 3 is 2.68 bits per heavy atom. The number of aliphatic carboxylic acids is 1. The lowest BCUT2D eigenvalue weighted by atomic mass is 10.2. The lowest BCUT2D eigenvalue weighted by molar-refractivity contribution is -0.137. The van der Waals surface area contributed by atoms with Gasteiger partial charge < -0.3 is 5.11 Å². The molecule has 130 valence electrons. The molecule has 0 saturated carbocycles. The Balaban J connectivity index is 2.05. The Bertz CT molecular complexity index is 1070. The molecule has 0 aliphatic heterocycles. The molecule has 0 spiro atoms. The highest BCUT2D eigenvalue weighted by Crippen LogP contribution is 2.26. The van der Waals surface area contributed by atoms with E-state index in [1.54, 1.807) is 38.1 Å². The summed E-state index contributed by atoms with van der Waals surface area (Å²) in [5, 5.41) is 13.7. The largest absolute Gasteiger partial charge is 0.480 e. The number of hydrogen-bond donors (Lipinski definition) is 2. The molecule has 0 saturated heterocycles. The summed E-state index contributed by atoms with van der Waals surface area (Å²) in [4.78, 5) is 15.1. The van der Waals surface area contributed by atoms with Gasteiger partial charge in [-0.15, -0.1) is 0 Å². The van der Waals surface area contributed by atoms with Gasteiger partial charge in [0.2, 0.25) is 0 Å². The van der Waals surface area contributed by atoms with Gasteiger partial charge in [-0.1, -0.05) is 18.2 Å². The van der Waals surface area contributed by atoms with Crippen molar-refractivity contribution in [2.75, 3.05) is 4.72 Å². The maximum atomic E-state index is 12.8. The molecule has 8 nitrogen and oxygen atoms in total. The standard InChI is InChI=1S/C16H16N4O4S/c1-10-15(11(2)20(18-10)9-14(21)22)19-25(23,24)13-7-3-5-12-6-4-8-17-16(12)13/h3-8,19H,9H2,1-2H3,(H,21,22). The molecule has 1 aromatic carbocycles. The summed E-state index contributed by atoms with van der Waals surface area (Å²) in [5.74, 6) is -1.06. The van der Waals surface area contributed by atoms with E-state index in [-0.39, 0.29) is 17.1 Å². The number of carboxylic acids is 1. The smallest absolute Gasteiger partial charge is 0.325 e. The van der Waals surface area contributed by atoms with Crippen molar-refractivity contribution in [1.82, 2.24) is 14.8 Å². The molecule has 2 aromatic heterocycles. The van der Waals surface area contributed by atoms with Gasteiger partial charge in [0.25, 0.3) is 10.0 Å². The Labute approximate surface area is 144 Å². The van der Waals surface area contributed by atoms with Gasteiger partial charge >= 0.3 is 5.97 Å². The minimum Gasteiger partial charge on any atom is -0.480 e. The quantitative estimate of drug-likeness (QED) is 0.718. The predicted molar refractivity (Wildman–Crippen MR) is 91.9 cm³/mol. The first-order chi connectivity index (χ1) is 11.8. The molecule has 0 unspecified atom stereocenters. The lowest BCUT2D eigenvalue weighted by Gasteiger charge is -2.10. The summed E-state index contributed by atoms with van der Waals surface area (Å²) >= 11 is 0. The van der Waals surface area contributed by atoms with Crippen LogP contribution in [0, 0.1) is 13.8 Å². The van der Waals surface area contributed by atoms with Crippen LogP contribution in [0.3, 0.4) is 0 Å². The lowest BCUT2D eigenvalue weighted by Crippen LogP contribution is -2.15. The number of hydrogen-bond acceptors (Lipinski definition) is 5. The van der Waals surface area contributed by atoms with Crippen LogP contribution in [0.15, 0.2) is 41.4 Å². The van der Waals surface area contributed by atoms with Crippen molar-refractivity contribution >= 4 is 32.6 Å². The average Bonchev–Trinajstić information content (AvgIpc) is 2.81. The number of nitrogens with one attached hydrogen (secondary N) is 1. The number of rotatable bonds is 5. The van der Waals surface area contributed by atoms with Gasteiger partial charge in [-0.25, -0.2) is 8.42 Å². The molecule has 0 atom stereocenters. The second kappa shape index (κ2) is 6.17. The zero-order valence-electron chi connectivity index (χ0n) is 13.6. The van der Waals surface area contributed by atoms with E-state index >= 15 is 0 Å². The molecule has 2 heterocycles. The van der Waals surface area contributed by atoms with Gasteiger partial charge in [0.15, 0.2) is 0 Å². The highest BCUT2D eigenvalue weighted by atomic mass is 32.2. The van der Waals surface area contributed by atoms with Crippen molar-refractivity contribution < 1.29 is 18.3 Å². The third-order valence-corrected chi connectivity index (χ3v) is 5.17. The van der Waals surface area contributed by atoms with Gasteiger partial charge in [0.1, 0.15) is 11.4 Å². The number of sulfonamides is 1. The monoisotopic (exact) mass is 360 g/mol. The van der Waals surface area contributed by atoms with Gasteiger partial charge in [0, 0.05) is 11.6 Å². The summed E-state index contributed by atoms with van der Waals surface area (Å²) in [5.41, 5.74) is 1.46. The number of para-hydroxylation sites is 1. The molecule has 0 fully saturated rings.